The van der Waals surface area contributed by atoms with E-state index in [-0.39, 0.29) is 12.4 Å². The van der Waals surface area contributed by atoms with E-state index < -0.39 is 15.3 Å². The largest absolute Gasteiger partial charge is 0.363 e. The molecule has 3 N–H and O–H groups in total. The lowest BCUT2D eigenvalue weighted by Crippen LogP contribution is -2.31. The maximum Gasteiger partial charge on any atom is 0.237 e. The smallest absolute Gasteiger partial charge is 0.237 e. The van der Waals surface area contributed by atoms with Crippen molar-refractivity contribution >= 4 is 15.8 Å². The molecule has 0 spiro atoms. The van der Waals surface area contributed by atoms with Crippen LogP contribution < -0.4 is 10.5 Å². The van der Waals surface area contributed by atoms with Crippen LogP contribution in [0, 0.1) is 0 Å². The fraction of sp³-hybridized carbons (Fsp3) is 0.500. The summed E-state index contributed by atoms with van der Waals surface area (Å²) in [6.45, 7) is 1.58. The van der Waals surface area contributed by atoms with E-state index in [9.17, 15) is 8.42 Å². The Morgan fingerprint density at radius 1 is 1.77 bits per heavy atom. The standard InChI is InChI=1S/C6H11N3O3S/c1-5(4-7)13(10,11)9-6-2-3-12-8-6/h2-3,5H,4,7H2,1H3,(H,8,9). The van der Waals surface area contributed by atoms with Crippen molar-refractivity contribution in [2.24, 2.45) is 5.73 Å². The molecule has 0 fully saturated rings. The van der Waals surface area contributed by atoms with Gasteiger partial charge >= 0.3 is 0 Å². The van der Waals surface area contributed by atoms with Crippen molar-refractivity contribution in [3.05, 3.63) is 12.3 Å². The van der Waals surface area contributed by atoms with E-state index in [0.29, 0.717) is 0 Å². The molecule has 7 heteroatoms. The molecule has 1 unspecified atom stereocenters. The third-order valence-electron chi connectivity index (χ3n) is 1.55. The van der Waals surface area contributed by atoms with Gasteiger partial charge in [-0.2, -0.15) is 0 Å². The first kappa shape index (κ1) is 10.0. The highest BCUT2D eigenvalue weighted by atomic mass is 32.2. The predicted octanol–water partition coefficient (Wildman–Crippen LogP) is -0.237. The third-order valence-corrected chi connectivity index (χ3v) is 3.29. The van der Waals surface area contributed by atoms with Crippen molar-refractivity contribution in [3.63, 3.8) is 0 Å². The Morgan fingerprint density at radius 3 is 2.92 bits per heavy atom. The highest BCUT2D eigenvalue weighted by molar-refractivity contribution is 7.93. The maximum atomic E-state index is 11.4. The van der Waals surface area contributed by atoms with Crippen LogP contribution in [0.4, 0.5) is 5.82 Å². The molecule has 0 aliphatic carbocycles. The third kappa shape index (κ3) is 2.43. The van der Waals surface area contributed by atoms with Crippen LogP contribution in [0.3, 0.4) is 0 Å². The van der Waals surface area contributed by atoms with Gasteiger partial charge in [0.05, 0.1) is 5.25 Å². The summed E-state index contributed by atoms with van der Waals surface area (Å²) in [6, 6.07) is 1.42. The average molecular weight is 205 g/mol. The van der Waals surface area contributed by atoms with Gasteiger partial charge in [-0.1, -0.05) is 5.16 Å². The molecule has 0 bridgehead atoms. The summed E-state index contributed by atoms with van der Waals surface area (Å²) >= 11 is 0. The lowest BCUT2D eigenvalue weighted by atomic mass is 10.5. The van der Waals surface area contributed by atoms with Crippen molar-refractivity contribution in [1.29, 1.82) is 0 Å². The lowest BCUT2D eigenvalue weighted by molar-refractivity contribution is 0.423. The van der Waals surface area contributed by atoms with Gasteiger partial charge in [0.2, 0.25) is 10.0 Å². The molecule has 6 nitrogen and oxygen atoms in total. The summed E-state index contributed by atoms with van der Waals surface area (Å²) in [6.07, 6.45) is 1.28. The van der Waals surface area contributed by atoms with Gasteiger partial charge < -0.3 is 10.3 Å². The number of hydrogen-bond acceptors (Lipinski definition) is 5. The molecule has 0 amide bonds. The van der Waals surface area contributed by atoms with Crippen molar-refractivity contribution < 1.29 is 12.9 Å². The molecule has 1 atom stereocenters. The van der Waals surface area contributed by atoms with E-state index in [0.717, 1.165) is 0 Å². The van der Waals surface area contributed by atoms with E-state index in [2.05, 4.69) is 14.4 Å². The Morgan fingerprint density at radius 2 is 2.46 bits per heavy atom. The Kier molecular flexibility index (Phi) is 2.89. The summed E-state index contributed by atoms with van der Waals surface area (Å²) in [5.74, 6) is 0.167. The Bertz CT molecular complexity index is 345. The molecule has 0 saturated carbocycles. The Labute approximate surface area is 76.1 Å². The van der Waals surface area contributed by atoms with Crippen molar-refractivity contribution in [3.8, 4) is 0 Å². The zero-order valence-corrected chi connectivity index (χ0v) is 7.91. The van der Waals surface area contributed by atoms with E-state index >= 15 is 0 Å². The van der Waals surface area contributed by atoms with Crippen LogP contribution in [0.5, 0.6) is 0 Å². The molecule has 1 aromatic heterocycles. The molecule has 74 valence electrons. The Balaban J connectivity index is 2.74. The zero-order valence-electron chi connectivity index (χ0n) is 7.10. The number of nitrogens with two attached hydrogens (primary N) is 1. The van der Waals surface area contributed by atoms with Gasteiger partial charge in [-0.25, -0.2) is 8.42 Å². The number of sulfonamides is 1. The second kappa shape index (κ2) is 3.75. The van der Waals surface area contributed by atoms with Crippen LogP contribution in [0.15, 0.2) is 16.9 Å². The molecule has 0 aromatic carbocycles. The monoisotopic (exact) mass is 205 g/mol. The summed E-state index contributed by atoms with van der Waals surface area (Å²) < 4.78 is 29.4. The molecule has 0 saturated heterocycles. The van der Waals surface area contributed by atoms with Crippen molar-refractivity contribution in [2.45, 2.75) is 12.2 Å². The first-order valence-electron chi connectivity index (χ1n) is 3.68. The van der Waals surface area contributed by atoms with Crippen LogP contribution in [0.25, 0.3) is 0 Å². The zero-order chi connectivity index (χ0) is 9.90. The van der Waals surface area contributed by atoms with Crippen LogP contribution >= 0.6 is 0 Å². The minimum Gasteiger partial charge on any atom is -0.363 e. The molecular formula is C6H11N3O3S. The summed E-state index contributed by atoms with van der Waals surface area (Å²) in [7, 11) is -3.43. The van der Waals surface area contributed by atoms with E-state index in [4.69, 9.17) is 5.73 Å². The number of anilines is 1. The number of hydrogen-bond donors (Lipinski definition) is 2. The van der Waals surface area contributed by atoms with E-state index in [1.54, 1.807) is 0 Å². The maximum absolute atomic E-state index is 11.4. The molecule has 0 radical (unpaired) electrons. The fourth-order valence-electron chi connectivity index (χ4n) is 0.638. The molecular weight excluding hydrogens is 194 g/mol. The molecule has 1 rings (SSSR count). The van der Waals surface area contributed by atoms with Crippen LogP contribution in [-0.2, 0) is 10.0 Å². The molecule has 13 heavy (non-hydrogen) atoms. The van der Waals surface area contributed by atoms with Gasteiger partial charge in [0.15, 0.2) is 5.82 Å². The van der Waals surface area contributed by atoms with Gasteiger partial charge in [0, 0.05) is 12.6 Å². The van der Waals surface area contributed by atoms with Gasteiger partial charge in [-0.3, -0.25) is 4.72 Å². The number of nitrogens with zero attached hydrogens (tertiary/aromatic N) is 1. The summed E-state index contributed by atoms with van der Waals surface area (Å²) in [5, 5.41) is 2.76. The summed E-state index contributed by atoms with van der Waals surface area (Å²) in [4.78, 5) is 0. The average Bonchev–Trinajstić information content (AvgIpc) is 2.54. The Hall–Kier alpha value is -1.08. The van der Waals surface area contributed by atoms with Crippen LogP contribution in [0.2, 0.25) is 0 Å². The van der Waals surface area contributed by atoms with Crippen LogP contribution in [0.1, 0.15) is 6.92 Å². The highest BCUT2D eigenvalue weighted by Gasteiger charge is 2.19. The van der Waals surface area contributed by atoms with Gasteiger partial charge in [0.25, 0.3) is 0 Å². The van der Waals surface area contributed by atoms with Crippen molar-refractivity contribution in [1.82, 2.24) is 5.16 Å². The normalized spacial score (nSPS) is 14.0. The minimum atomic E-state index is -3.43. The molecule has 1 aromatic rings. The number of nitrogens with one attached hydrogen (secondary N) is 1. The van der Waals surface area contributed by atoms with Crippen molar-refractivity contribution in [2.75, 3.05) is 11.3 Å². The fourth-order valence-corrected chi connectivity index (χ4v) is 1.49. The highest BCUT2D eigenvalue weighted by Crippen LogP contribution is 2.07. The predicted molar refractivity (Wildman–Crippen MR) is 47.6 cm³/mol. The van der Waals surface area contributed by atoms with Gasteiger partial charge in [-0.05, 0) is 6.92 Å². The SMILES string of the molecule is CC(CN)S(=O)(=O)Nc1ccon1. The molecule has 0 aliphatic rings. The first-order chi connectivity index (χ1) is 6.06. The number of rotatable bonds is 4. The minimum absolute atomic E-state index is 0.0627. The van der Waals surface area contributed by atoms with E-state index in [1.807, 2.05) is 0 Å². The molecule has 1 heterocycles. The van der Waals surface area contributed by atoms with Gasteiger partial charge in [0.1, 0.15) is 6.26 Å². The molecule has 0 aliphatic heterocycles. The summed E-state index contributed by atoms with van der Waals surface area (Å²) in [5.41, 5.74) is 5.22. The lowest BCUT2D eigenvalue weighted by Gasteiger charge is -2.09. The quantitative estimate of drug-likeness (QED) is 0.707. The van der Waals surface area contributed by atoms with E-state index in [1.165, 1.54) is 19.3 Å². The first-order valence-corrected chi connectivity index (χ1v) is 5.23. The second-order valence-corrected chi connectivity index (χ2v) is 4.68. The van der Waals surface area contributed by atoms with Gasteiger partial charge in [-0.15, -0.1) is 0 Å². The topological polar surface area (TPSA) is 98.2 Å². The second-order valence-electron chi connectivity index (χ2n) is 2.58. The van der Waals surface area contributed by atoms with Crippen LogP contribution in [-0.4, -0.2) is 25.4 Å². The number of aromatic nitrogens is 1.